The molecule has 1 aromatic carbocycles. The van der Waals surface area contributed by atoms with E-state index in [1.807, 2.05) is 55.5 Å². The zero-order valence-electron chi connectivity index (χ0n) is 18.2. The molecule has 4 N–H and O–H groups in total. The number of hydrogen-bond acceptors (Lipinski definition) is 5. The Balaban J connectivity index is 1.63. The SMILES string of the molecule is CC[C@]1(NC(=O)C(C)C(=O)NCc2cccc(-c3ccccc3)n2)C=CC=CC1B(O)O. The second-order valence-corrected chi connectivity index (χ2v) is 7.89. The van der Waals surface area contributed by atoms with E-state index in [4.69, 9.17) is 0 Å². The standard InChI is InChI=1S/C24H28BN3O4/c1-3-24(15-8-7-14-21(24)25(31)32)28-23(30)17(2)22(29)26-16-19-12-9-13-20(27-19)18-10-5-4-6-11-18/h4-15,17,21,31-32H,3,16H2,1-2H3,(H,26,29)(H,28,30)/t17?,21?,24-/m0/s1. The number of carbonyl (C=O) groups excluding carboxylic acids is 2. The first-order valence-corrected chi connectivity index (χ1v) is 10.7. The highest BCUT2D eigenvalue weighted by Gasteiger charge is 2.43. The Morgan fingerprint density at radius 3 is 2.53 bits per heavy atom. The number of hydrogen-bond donors (Lipinski definition) is 4. The number of nitrogens with zero attached hydrogens (tertiary/aromatic N) is 1. The van der Waals surface area contributed by atoms with Gasteiger partial charge in [0.1, 0.15) is 5.92 Å². The molecule has 0 radical (unpaired) electrons. The number of nitrogens with one attached hydrogen (secondary N) is 2. The van der Waals surface area contributed by atoms with Gasteiger partial charge in [0.15, 0.2) is 0 Å². The van der Waals surface area contributed by atoms with E-state index in [0.717, 1.165) is 11.3 Å². The Morgan fingerprint density at radius 1 is 1.09 bits per heavy atom. The van der Waals surface area contributed by atoms with Gasteiger partial charge in [0.05, 0.1) is 23.5 Å². The summed E-state index contributed by atoms with van der Waals surface area (Å²) in [5.41, 5.74) is 1.49. The van der Waals surface area contributed by atoms with Crippen molar-refractivity contribution in [3.8, 4) is 11.3 Å². The molecular formula is C24H28BN3O4. The van der Waals surface area contributed by atoms with E-state index < -0.39 is 36.2 Å². The molecule has 1 aliphatic carbocycles. The van der Waals surface area contributed by atoms with Crippen LogP contribution in [0.2, 0.25) is 5.82 Å². The first kappa shape index (κ1) is 23.4. The van der Waals surface area contributed by atoms with Crippen molar-refractivity contribution in [2.24, 2.45) is 5.92 Å². The van der Waals surface area contributed by atoms with Crippen molar-refractivity contribution in [3.63, 3.8) is 0 Å². The van der Waals surface area contributed by atoms with Crippen LogP contribution in [0.4, 0.5) is 0 Å². The van der Waals surface area contributed by atoms with Gasteiger partial charge < -0.3 is 20.7 Å². The maximum atomic E-state index is 12.8. The molecule has 32 heavy (non-hydrogen) atoms. The predicted molar refractivity (Wildman–Crippen MR) is 124 cm³/mol. The van der Waals surface area contributed by atoms with E-state index in [0.29, 0.717) is 12.1 Å². The largest absolute Gasteiger partial charge is 0.461 e. The maximum Gasteiger partial charge on any atom is 0.461 e. The van der Waals surface area contributed by atoms with Crippen molar-refractivity contribution in [2.45, 2.75) is 38.2 Å². The van der Waals surface area contributed by atoms with Gasteiger partial charge in [-0.1, -0.05) is 67.6 Å². The Kier molecular flexibility index (Phi) is 7.61. The monoisotopic (exact) mass is 433 g/mol. The van der Waals surface area contributed by atoms with Crippen LogP contribution in [0.3, 0.4) is 0 Å². The van der Waals surface area contributed by atoms with Crippen molar-refractivity contribution in [3.05, 3.63) is 78.5 Å². The average Bonchev–Trinajstić information content (AvgIpc) is 2.82. The van der Waals surface area contributed by atoms with E-state index in [1.54, 1.807) is 24.3 Å². The van der Waals surface area contributed by atoms with Crippen LogP contribution in [0.1, 0.15) is 26.0 Å². The first-order chi connectivity index (χ1) is 15.4. The zero-order valence-corrected chi connectivity index (χ0v) is 18.2. The molecule has 2 amide bonds. The zero-order chi connectivity index (χ0) is 23.1. The predicted octanol–water partition coefficient (Wildman–Crippen LogP) is 2.23. The quantitative estimate of drug-likeness (QED) is 0.377. The van der Waals surface area contributed by atoms with E-state index in [1.165, 1.54) is 6.92 Å². The van der Waals surface area contributed by atoms with Crippen molar-refractivity contribution < 1.29 is 19.6 Å². The first-order valence-electron chi connectivity index (χ1n) is 10.7. The van der Waals surface area contributed by atoms with Gasteiger partial charge in [-0.05, 0) is 25.5 Å². The summed E-state index contributed by atoms with van der Waals surface area (Å²) < 4.78 is 0. The summed E-state index contributed by atoms with van der Waals surface area (Å²) in [4.78, 5) is 30.0. The third kappa shape index (κ3) is 5.33. The molecule has 0 bridgehead atoms. The molecule has 1 aliphatic rings. The fraction of sp³-hybridized carbons (Fsp3) is 0.292. The number of benzene rings is 1. The van der Waals surface area contributed by atoms with Crippen molar-refractivity contribution in [2.75, 3.05) is 0 Å². The number of carbonyl (C=O) groups is 2. The minimum absolute atomic E-state index is 0.191. The highest BCUT2D eigenvalue weighted by Crippen LogP contribution is 2.34. The average molecular weight is 433 g/mol. The van der Waals surface area contributed by atoms with Crippen LogP contribution < -0.4 is 10.6 Å². The molecule has 1 heterocycles. The molecule has 0 saturated heterocycles. The maximum absolute atomic E-state index is 12.8. The summed E-state index contributed by atoms with van der Waals surface area (Å²) in [6.45, 7) is 3.56. The minimum atomic E-state index is -1.64. The van der Waals surface area contributed by atoms with E-state index in [-0.39, 0.29) is 6.54 Å². The smallest absolute Gasteiger partial charge is 0.427 e. The van der Waals surface area contributed by atoms with Crippen LogP contribution in [-0.2, 0) is 16.1 Å². The lowest BCUT2D eigenvalue weighted by atomic mass is 9.59. The number of allylic oxidation sites excluding steroid dienone is 2. The minimum Gasteiger partial charge on any atom is -0.427 e. The Morgan fingerprint density at radius 2 is 1.84 bits per heavy atom. The number of rotatable bonds is 8. The molecule has 2 aromatic rings. The number of amides is 2. The molecule has 166 valence electrons. The third-order valence-corrected chi connectivity index (χ3v) is 5.79. The van der Waals surface area contributed by atoms with Gasteiger partial charge in [0, 0.05) is 11.4 Å². The van der Waals surface area contributed by atoms with Crippen molar-refractivity contribution in [1.82, 2.24) is 15.6 Å². The van der Waals surface area contributed by atoms with Gasteiger partial charge in [-0.3, -0.25) is 14.6 Å². The molecule has 0 aliphatic heterocycles. The lowest BCUT2D eigenvalue weighted by molar-refractivity contribution is -0.135. The fourth-order valence-electron chi connectivity index (χ4n) is 3.76. The molecule has 2 unspecified atom stereocenters. The van der Waals surface area contributed by atoms with E-state index in [9.17, 15) is 19.6 Å². The highest BCUT2D eigenvalue weighted by molar-refractivity contribution is 6.44. The van der Waals surface area contributed by atoms with Gasteiger partial charge in [-0.2, -0.15) is 0 Å². The summed E-state index contributed by atoms with van der Waals surface area (Å²) in [6, 6.07) is 15.3. The lowest BCUT2D eigenvalue weighted by Gasteiger charge is -2.39. The molecule has 0 saturated carbocycles. The topological polar surface area (TPSA) is 112 Å². The molecule has 0 fully saturated rings. The molecule has 3 rings (SSSR count). The fourth-order valence-corrected chi connectivity index (χ4v) is 3.76. The van der Waals surface area contributed by atoms with Crippen LogP contribution in [0.25, 0.3) is 11.3 Å². The summed E-state index contributed by atoms with van der Waals surface area (Å²) in [7, 11) is -1.64. The summed E-state index contributed by atoms with van der Waals surface area (Å²) in [5, 5.41) is 25.1. The molecule has 3 atom stereocenters. The van der Waals surface area contributed by atoms with Gasteiger partial charge in [-0.15, -0.1) is 0 Å². The van der Waals surface area contributed by atoms with Gasteiger partial charge in [-0.25, -0.2) is 0 Å². The van der Waals surface area contributed by atoms with Gasteiger partial charge in [0.2, 0.25) is 11.8 Å². The third-order valence-electron chi connectivity index (χ3n) is 5.79. The molecule has 1 aromatic heterocycles. The van der Waals surface area contributed by atoms with Crippen LogP contribution in [-0.4, -0.2) is 39.5 Å². The number of pyridine rings is 1. The second kappa shape index (κ2) is 10.4. The molecule has 7 nitrogen and oxygen atoms in total. The van der Waals surface area contributed by atoms with Crippen LogP contribution >= 0.6 is 0 Å². The van der Waals surface area contributed by atoms with Crippen molar-refractivity contribution >= 4 is 18.9 Å². The van der Waals surface area contributed by atoms with Gasteiger partial charge >= 0.3 is 7.12 Å². The lowest BCUT2D eigenvalue weighted by Crippen LogP contribution is -2.56. The molecule has 0 spiro atoms. The Bertz CT molecular complexity index is 1010. The molecular weight excluding hydrogens is 405 g/mol. The summed E-state index contributed by atoms with van der Waals surface area (Å²) in [5.74, 6) is -2.59. The van der Waals surface area contributed by atoms with Crippen LogP contribution in [0, 0.1) is 5.92 Å². The van der Waals surface area contributed by atoms with Crippen molar-refractivity contribution in [1.29, 1.82) is 0 Å². The van der Waals surface area contributed by atoms with Crippen LogP contribution in [0.15, 0.2) is 72.8 Å². The molecule has 8 heteroatoms. The normalized spacial score (nSPS) is 20.4. The second-order valence-electron chi connectivity index (χ2n) is 7.89. The number of aromatic nitrogens is 1. The van der Waals surface area contributed by atoms with E-state index >= 15 is 0 Å². The Labute approximate surface area is 188 Å². The van der Waals surface area contributed by atoms with Gasteiger partial charge in [0.25, 0.3) is 0 Å². The van der Waals surface area contributed by atoms with E-state index in [2.05, 4.69) is 15.6 Å². The summed E-state index contributed by atoms with van der Waals surface area (Å²) >= 11 is 0. The summed E-state index contributed by atoms with van der Waals surface area (Å²) in [6.07, 6.45) is 7.27. The Hall–Kier alpha value is -3.23. The highest BCUT2D eigenvalue weighted by atomic mass is 16.4. The van der Waals surface area contributed by atoms with Crippen LogP contribution in [0.5, 0.6) is 0 Å².